The van der Waals surface area contributed by atoms with Gasteiger partial charge < -0.3 is 0 Å². The Morgan fingerprint density at radius 3 is 0.808 bits per heavy atom. The summed E-state index contributed by atoms with van der Waals surface area (Å²) in [5, 5.41) is 0. The molecule has 0 atom stereocenters. The molecule has 0 unspecified atom stereocenters. The van der Waals surface area contributed by atoms with Crippen molar-refractivity contribution < 1.29 is 32.7 Å². The molecule has 8 rings (SSSR count). The third-order valence-corrected chi connectivity index (χ3v) is 19.4. The summed E-state index contributed by atoms with van der Waals surface area (Å²) in [7, 11) is 5.83. The summed E-state index contributed by atoms with van der Waals surface area (Å²) in [5.74, 6) is 3.59. The van der Waals surface area contributed by atoms with Crippen LogP contribution in [0.1, 0.15) is 82.0 Å². The Labute approximate surface area is 434 Å². The fraction of sp³-hybridized carbons (Fsp3) is 0.250. The topological polar surface area (TPSA) is 64.6 Å². The van der Waals surface area contributed by atoms with Crippen LogP contribution in [0.3, 0.4) is 0 Å². The molecule has 0 saturated carbocycles. The van der Waals surface area contributed by atoms with Crippen molar-refractivity contribution in [1.82, 2.24) is 0 Å². The summed E-state index contributed by atoms with van der Waals surface area (Å²) >= 11 is 0. The molecule has 0 fully saturated rings. The van der Waals surface area contributed by atoms with Crippen LogP contribution in [0, 0.1) is 0 Å². The molecular weight excluding hydrogens is 922 g/mol. The van der Waals surface area contributed by atoms with E-state index in [0.29, 0.717) is 37.9 Å². The summed E-state index contributed by atoms with van der Waals surface area (Å²) in [6.07, 6.45) is 5.82. The fourth-order valence-corrected chi connectivity index (χ4v) is 16.5. The minimum atomic E-state index is -3.81. The van der Waals surface area contributed by atoms with Crippen LogP contribution >= 0.6 is 6.83 Å². The molecule has 0 aliphatic heterocycles. The predicted molar refractivity (Wildman–Crippen MR) is 300 cm³/mol. The van der Waals surface area contributed by atoms with E-state index in [4.69, 9.17) is 32.7 Å². The predicted octanol–water partition coefficient (Wildman–Crippen LogP) is 15.5. The van der Waals surface area contributed by atoms with Crippen LogP contribution in [0.15, 0.2) is 218 Å². The Hall–Kier alpha value is -6.67. The summed E-state index contributed by atoms with van der Waals surface area (Å²) in [6, 6.07) is 76.9. The zero-order valence-corrected chi connectivity index (χ0v) is 43.8. The van der Waals surface area contributed by atoms with Gasteiger partial charge in [0.05, 0.1) is 0 Å². The molecule has 73 heavy (non-hydrogen) atoms. The number of benzene rings is 8. The second-order valence-corrected chi connectivity index (χ2v) is 24.2. The van der Waals surface area contributed by atoms with Crippen molar-refractivity contribution in [3.05, 3.63) is 263 Å². The average molecular weight is 993 g/mol. The summed E-state index contributed by atoms with van der Waals surface area (Å²) < 4.78 is 45.2. The van der Waals surface area contributed by atoms with E-state index in [9.17, 15) is 0 Å². The van der Waals surface area contributed by atoms with E-state index in [1.165, 1.54) is 22.3 Å². The Morgan fingerprint density at radius 1 is 0.329 bits per heavy atom. The monoisotopic (exact) mass is 992 g/mol. The first-order valence-corrected chi connectivity index (χ1v) is 28.4. The van der Waals surface area contributed by atoms with Crippen LogP contribution in [-0.2, 0) is 38.4 Å². The third kappa shape index (κ3) is 14.7. The molecule has 0 aliphatic rings. The van der Waals surface area contributed by atoms with Gasteiger partial charge in [-0.05, 0) is 0 Å². The SMILES string of the molecule is COc1ccc(CP(Cc2ccc(OC)cc2)(Cc2ccc(OC)cc2)(Cc2ccc(OC)cc2)OB(OCCCC(c2ccccc2)c2ccccc2)OCCCC(c2ccccc2)c2ccccc2)cc1. The van der Waals surface area contributed by atoms with Crippen LogP contribution in [0.4, 0.5) is 0 Å². The number of rotatable bonds is 28. The summed E-state index contributed by atoms with van der Waals surface area (Å²) in [6.45, 7) is -2.95. The van der Waals surface area contributed by atoms with Gasteiger partial charge in [0.2, 0.25) is 0 Å². The molecule has 0 amide bonds. The molecule has 0 spiro atoms. The molecule has 8 aromatic rings. The second kappa shape index (κ2) is 26.3. The molecule has 0 aromatic heterocycles. The molecule has 0 saturated heterocycles. The van der Waals surface area contributed by atoms with Gasteiger partial charge in [-0.3, -0.25) is 0 Å². The van der Waals surface area contributed by atoms with Crippen molar-refractivity contribution in [3.63, 3.8) is 0 Å². The van der Waals surface area contributed by atoms with Gasteiger partial charge in [0.15, 0.2) is 0 Å². The summed E-state index contributed by atoms with van der Waals surface area (Å²) in [5.41, 5.74) is 9.67. The van der Waals surface area contributed by atoms with Gasteiger partial charge >= 0.3 is 437 Å². The third-order valence-electron chi connectivity index (χ3n) is 13.9. The molecule has 0 N–H and O–H groups in total. The standard InChI is InChI=1S/C64H70BO7P/c1-66-59-37-29-51(30-38-59)47-73(48-52-31-39-60(67-2)40-32-52,49-53-33-41-61(68-3)42-34-53,50-54-35-43-62(69-4)44-36-54)72-65(70-45-17-27-63(55-19-9-5-10-20-55)56-21-11-6-12-22-56)71-46-18-28-64(57-23-13-7-14-24-57)58-25-15-8-16-26-58/h5-16,19-26,29-44,63-64H,17-18,27-28,45-50H2,1-4H3. The maximum atomic E-state index is 8.18. The zero-order chi connectivity index (χ0) is 50.6. The van der Waals surface area contributed by atoms with E-state index < -0.39 is 14.2 Å². The van der Waals surface area contributed by atoms with Crippen molar-refractivity contribution in [2.24, 2.45) is 0 Å². The fourth-order valence-electron chi connectivity index (χ4n) is 10.3. The van der Waals surface area contributed by atoms with Crippen LogP contribution in [0.2, 0.25) is 0 Å². The van der Waals surface area contributed by atoms with E-state index in [-0.39, 0.29) is 11.8 Å². The molecule has 7 nitrogen and oxygen atoms in total. The Balaban J connectivity index is 1.22. The Bertz CT molecular complexity index is 2440. The van der Waals surface area contributed by atoms with E-state index in [1.54, 1.807) is 28.4 Å². The van der Waals surface area contributed by atoms with Crippen molar-refractivity contribution in [2.45, 2.75) is 62.2 Å². The van der Waals surface area contributed by atoms with Crippen LogP contribution in [0.5, 0.6) is 23.0 Å². The first-order chi connectivity index (χ1) is 35.8. The minimum absolute atomic E-state index is 0.203. The number of ether oxygens (including phenoxy) is 4. The number of hydrogen-bond donors (Lipinski definition) is 0. The number of hydrogen-bond acceptors (Lipinski definition) is 7. The molecule has 376 valence electrons. The van der Waals surface area contributed by atoms with Crippen molar-refractivity contribution >= 4 is 14.2 Å². The maximum absolute atomic E-state index is 8.18. The van der Waals surface area contributed by atoms with E-state index in [1.807, 2.05) is 48.5 Å². The Kier molecular flexibility index (Phi) is 19.0. The second-order valence-electron chi connectivity index (χ2n) is 19.1. The first kappa shape index (κ1) is 52.7. The van der Waals surface area contributed by atoms with Gasteiger partial charge in [-0.1, -0.05) is 0 Å². The van der Waals surface area contributed by atoms with Crippen molar-refractivity contribution in [3.8, 4) is 23.0 Å². The molecule has 0 heterocycles. The van der Waals surface area contributed by atoms with Crippen LogP contribution < -0.4 is 18.9 Å². The molecular formula is C64H70BO7P. The van der Waals surface area contributed by atoms with Gasteiger partial charge in [0.25, 0.3) is 0 Å². The first-order valence-electron chi connectivity index (χ1n) is 25.5. The quantitative estimate of drug-likeness (QED) is 0.0275. The van der Waals surface area contributed by atoms with Gasteiger partial charge in [-0.25, -0.2) is 0 Å². The van der Waals surface area contributed by atoms with Gasteiger partial charge in [-0.15, -0.1) is 0 Å². The van der Waals surface area contributed by atoms with Crippen LogP contribution in [-0.4, -0.2) is 49.0 Å². The Morgan fingerprint density at radius 2 is 0.575 bits per heavy atom. The average Bonchev–Trinajstić information content (AvgIpc) is 3.44. The van der Waals surface area contributed by atoms with Gasteiger partial charge in [0, 0.05) is 0 Å². The number of methoxy groups -OCH3 is 4. The van der Waals surface area contributed by atoms with Gasteiger partial charge in [-0.2, -0.15) is 0 Å². The zero-order valence-electron chi connectivity index (χ0n) is 42.9. The van der Waals surface area contributed by atoms with Crippen molar-refractivity contribution in [2.75, 3.05) is 41.7 Å². The summed E-state index contributed by atoms with van der Waals surface area (Å²) in [4.78, 5) is 0. The normalized spacial score (nSPS) is 12.0. The molecule has 8 aromatic carbocycles. The van der Waals surface area contributed by atoms with Crippen LogP contribution in [0.25, 0.3) is 0 Å². The van der Waals surface area contributed by atoms with Crippen molar-refractivity contribution in [1.29, 1.82) is 0 Å². The van der Waals surface area contributed by atoms with E-state index in [2.05, 4.69) is 170 Å². The molecule has 9 heteroatoms. The molecule has 0 bridgehead atoms. The van der Waals surface area contributed by atoms with E-state index >= 15 is 0 Å². The molecule has 0 aliphatic carbocycles. The van der Waals surface area contributed by atoms with Gasteiger partial charge in [0.1, 0.15) is 0 Å². The molecule has 0 radical (unpaired) electrons. The van der Waals surface area contributed by atoms with E-state index in [0.717, 1.165) is 70.9 Å².